The van der Waals surface area contributed by atoms with Crippen molar-refractivity contribution in [1.82, 2.24) is 9.80 Å². The third-order valence-electron chi connectivity index (χ3n) is 2.94. The van der Waals surface area contributed by atoms with Crippen LogP contribution < -0.4 is 0 Å². The summed E-state index contributed by atoms with van der Waals surface area (Å²) in [5.74, 6) is 0. The van der Waals surface area contributed by atoms with Crippen molar-refractivity contribution in [2.75, 3.05) is 20.1 Å². The van der Waals surface area contributed by atoms with Crippen molar-refractivity contribution in [1.29, 1.82) is 0 Å². The van der Waals surface area contributed by atoms with Crippen LogP contribution in [0.4, 0.5) is 4.79 Å². The first kappa shape index (κ1) is 12.3. The third-order valence-corrected chi connectivity index (χ3v) is 2.94. The fourth-order valence-corrected chi connectivity index (χ4v) is 1.40. The number of rotatable bonds is 3. The van der Waals surface area contributed by atoms with Crippen LogP contribution in [0.2, 0.25) is 0 Å². The minimum Gasteiger partial charge on any atom is -0.443 e. The molecule has 0 unspecified atom stereocenters. The Morgan fingerprint density at radius 2 is 1.87 bits per heavy atom. The van der Waals surface area contributed by atoms with E-state index in [2.05, 4.69) is 18.7 Å². The van der Waals surface area contributed by atoms with Crippen LogP contribution in [-0.4, -0.2) is 54.2 Å². The fourth-order valence-electron chi connectivity index (χ4n) is 1.40. The molecule has 1 aliphatic rings. The number of nitrogens with zero attached hydrogens (tertiary/aromatic N) is 2. The zero-order valence-corrected chi connectivity index (χ0v) is 10.4. The van der Waals surface area contributed by atoms with Gasteiger partial charge in [-0.15, -0.1) is 0 Å². The maximum absolute atomic E-state index is 11.5. The molecule has 0 aromatic carbocycles. The zero-order valence-electron chi connectivity index (χ0n) is 10.4. The summed E-state index contributed by atoms with van der Waals surface area (Å²) in [6, 6.07) is 0.738. The molecule has 4 heteroatoms. The van der Waals surface area contributed by atoms with Crippen LogP contribution in [0.1, 0.15) is 27.7 Å². The Labute approximate surface area is 92.2 Å². The second kappa shape index (κ2) is 4.84. The maximum atomic E-state index is 11.5. The van der Waals surface area contributed by atoms with E-state index in [4.69, 9.17) is 4.74 Å². The highest BCUT2D eigenvalue weighted by Crippen LogP contribution is 2.16. The Kier molecular flexibility index (Phi) is 3.97. The van der Waals surface area contributed by atoms with Crippen LogP contribution in [-0.2, 0) is 4.74 Å². The molecule has 1 amide bonds. The van der Waals surface area contributed by atoms with E-state index in [0.29, 0.717) is 6.04 Å². The molecule has 1 fully saturated rings. The second-order valence-corrected chi connectivity index (χ2v) is 4.76. The first-order valence-corrected chi connectivity index (χ1v) is 5.59. The van der Waals surface area contributed by atoms with Gasteiger partial charge in [0.2, 0.25) is 0 Å². The van der Waals surface area contributed by atoms with Crippen LogP contribution in [0.5, 0.6) is 0 Å². The van der Waals surface area contributed by atoms with Crippen molar-refractivity contribution in [2.45, 2.75) is 45.9 Å². The smallest absolute Gasteiger partial charge is 0.410 e. The number of carbonyl (C=O) groups excluding carboxylic acids is 1. The van der Waals surface area contributed by atoms with Gasteiger partial charge in [0.25, 0.3) is 0 Å². The van der Waals surface area contributed by atoms with E-state index in [-0.39, 0.29) is 18.2 Å². The molecular weight excluding hydrogens is 192 g/mol. The van der Waals surface area contributed by atoms with E-state index in [1.807, 2.05) is 13.8 Å². The Morgan fingerprint density at radius 1 is 1.33 bits per heavy atom. The summed E-state index contributed by atoms with van der Waals surface area (Å²) in [6.45, 7) is 9.99. The highest BCUT2D eigenvalue weighted by molar-refractivity contribution is 5.67. The highest BCUT2D eigenvalue weighted by atomic mass is 16.6. The summed E-state index contributed by atoms with van der Waals surface area (Å²) in [4.78, 5) is 15.5. The molecule has 88 valence electrons. The molecule has 0 aliphatic carbocycles. The minimum absolute atomic E-state index is 0.0844. The lowest BCUT2D eigenvalue weighted by Crippen LogP contribution is -2.56. The van der Waals surface area contributed by atoms with Crippen LogP contribution in [0.3, 0.4) is 0 Å². The monoisotopic (exact) mass is 214 g/mol. The van der Waals surface area contributed by atoms with Crippen molar-refractivity contribution in [3.8, 4) is 0 Å². The van der Waals surface area contributed by atoms with Gasteiger partial charge in [-0.05, 0) is 27.7 Å². The summed E-state index contributed by atoms with van der Waals surface area (Å²) in [5.41, 5.74) is 0. The SMILES string of the molecule is CC(C)N1CC(OC(=O)N(C)C(C)C)C1. The molecule has 1 aliphatic heterocycles. The molecule has 15 heavy (non-hydrogen) atoms. The van der Waals surface area contributed by atoms with Gasteiger partial charge >= 0.3 is 6.09 Å². The topological polar surface area (TPSA) is 32.8 Å². The summed E-state index contributed by atoms with van der Waals surface area (Å²) >= 11 is 0. The quantitative estimate of drug-likeness (QED) is 0.714. The van der Waals surface area contributed by atoms with Gasteiger partial charge < -0.3 is 9.64 Å². The van der Waals surface area contributed by atoms with Crippen molar-refractivity contribution in [3.63, 3.8) is 0 Å². The summed E-state index contributed by atoms with van der Waals surface area (Å²) in [5, 5.41) is 0. The Hall–Kier alpha value is -0.770. The molecular formula is C11H22N2O2. The largest absolute Gasteiger partial charge is 0.443 e. The van der Waals surface area contributed by atoms with Crippen LogP contribution >= 0.6 is 0 Å². The molecule has 0 atom stereocenters. The van der Waals surface area contributed by atoms with E-state index in [1.54, 1.807) is 11.9 Å². The van der Waals surface area contributed by atoms with Gasteiger partial charge in [0.1, 0.15) is 6.10 Å². The van der Waals surface area contributed by atoms with Gasteiger partial charge in [-0.25, -0.2) is 4.79 Å². The number of amides is 1. The number of carbonyl (C=O) groups is 1. The first-order valence-electron chi connectivity index (χ1n) is 5.59. The lowest BCUT2D eigenvalue weighted by molar-refractivity contribution is -0.0395. The van der Waals surface area contributed by atoms with Crippen molar-refractivity contribution in [3.05, 3.63) is 0 Å². The maximum Gasteiger partial charge on any atom is 0.410 e. The van der Waals surface area contributed by atoms with E-state index in [0.717, 1.165) is 13.1 Å². The molecule has 1 heterocycles. The van der Waals surface area contributed by atoms with E-state index in [9.17, 15) is 4.79 Å². The summed E-state index contributed by atoms with van der Waals surface area (Å²) in [7, 11) is 1.77. The number of likely N-dealkylation sites (tertiary alicyclic amines) is 1. The fraction of sp³-hybridized carbons (Fsp3) is 0.909. The first-order chi connectivity index (χ1) is 6.91. The predicted octanol–water partition coefficient (Wildman–Crippen LogP) is 1.56. The molecule has 0 aromatic heterocycles. The van der Waals surface area contributed by atoms with Gasteiger partial charge in [0, 0.05) is 32.2 Å². The molecule has 0 spiro atoms. The van der Waals surface area contributed by atoms with Gasteiger partial charge in [-0.3, -0.25) is 4.90 Å². The minimum atomic E-state index is -0.210. The van der Waals surface area contributed by atoms with Gasteiger partial charge in [-0.1, -0.05) is 0 Å². The molecule has 1 rings (SSSR count). The van der Waals surface area contributed by atoms with Crippen molar-refractivity contribution < 1.29 is 9.53 Å². The average Bonchev–Trinajstić information content (AvgIpc) is 2.07. The Balaban J connectivity index is 2.25. The van der Waals surface area contributed by atoms with Crippen molar-refractivity contribution in [2.24, 2.45) is 0 Å². The van der Waals surface area contributed by atoms with E-state index < -0.39 is 0 Å². The molecule has 0 aromatic rings. The van der Waals surface area contributed by atoms with Gasteiger partial charge in [0.05, 0.1) is 0 Å². The highest BCUT2D eigenvalue weighted by Gasteiger charge is 2.32. The van der Waals surface area contributed by atoms with Crippen LogP contribution in [0.25, 0.3) is 0 Å². The molecule has 0 radical (unpaired) electrons. The Morgan fingerprint density at radius 3 is 2.27 bits per heavy atom. The molecule has 4 nitrogen and oxygen atoms in total. The number of hydrogen-bond acceptors (Lipinski definition) is 3. The zero-order chi connectivity index (χ0) is 11.6. The van der Waals surface area contributed by atoms with E-state index >= 15 is 0 Å². The lowest BCUT2D eigenvalue weighted by Gasteiger charge is -2.41. The molecule has 0 saturated carbocycles. The van der Waals surface area contributed by atoms with Gasteiger partial charge in [-0.2, -0.15) is 0 Å². The summed E-state index contributed by atoms with van der Waals surface area (Å²) < 4.78 is 5.34. The van der Waals surface area contributed by atoms with Gasteiger partial charge in [0.15, 0.2) is 0 Å². The number of ether oxygens (including phenoxy) is 1. The molecule has 0 N–H and O–H groups in total. The lowest BCUT2D eigenvalue weighted by atomic mass is 10.1. The molecule has 1 saturated heterocycles. The van der Waals surface area contributed by atoms with Crippen molar-refractivity contribution >= 4 is 6.09 Å². The number of hydrogen-bond donors (Lipinski definition) is 0. The average molecular weight is 214 g/mol. The normalized spacial score (nSPS) is 18.1. The Bertz CT molecular complexity index is 223. The van der Waals surface area contributed by atoms with Crippen LogP contribution in [0, 0.1) is 0 Å². The second-order valence-electron chi connectivity index (χ2n) is 4.76. The van der Waals surface area contributed by atoms with Crippen LogP contribution in [0.15, 0.2) is 0 Å². The standard InChI is InChI=1S/C11H22N2O2/c1-8(2)12(5)11(14)15-10-6-13(7-10)9(3)4/h8-10H,6-7H2,1-5H3. The molecule has 0 bridgehead atoms. The summed E-state index contributed by atoms with van der Waals surface area (Å²) in [6.07, 6.45) is -0.125. The van der Waals surface area contributed by atoms with E-state index in [1.165, 1.54) is 0 Å². The predicted molar refractivity (Wildman–Crippen MR) is 59.9 cm³/mol. The third kappa shape index (κ3) is 3.09.